The Morgan fingerprint density at radius 3 is 2.68 bits per heavy atom. The zero-order valence-corrected chi connectivity index (χ0v) is 13.4. The van der Waals surface area contributed by atoms with E-state index in [-0.39, 0.29) is 23.7 Å². The largest absolute Gasteiger partial charge is 0.341 e. The van der Waals surface area contributed by atoms with E-state index in [2.05, 4.69) is 15.2 Å². The van der Waals surface area contributed by atoms with Crippen molar-refractivity contribution in [3.63, 3.8) is 0 Å². The van der Waals surface area contributed by atoms with Gasteiger partial charge in [0.15, 0.2) is 5.82 Å². The van der Waals surface area contributed by atoms with Crippen molar-refractivity contribution in [2.45, 2.75) is 51.4 Å². The van der Waals surface area contributed by atoms with Gasteiger partial charge in [-0.1, -0.05) is 13.8 Å². The summed E-state index contributed by atoms with van der Waals surface area (Å²) in [5.74, 6) is 2.09. The molecule has 1 aromatic rings. The lowest BCUT2D eigenvalue weighted by Crippen LogP contribution is -2.34. The predicted molar refractivity (Wildman–Crippen MR) is 81.2 cm³/mol. The average Bonchev–Trinajstić information content (AvgIpc) is 3.12. The van der Waals surface area contributed by atoms with E-state index in [0.29, 0.717) is 19.0 Å². The number of carbonyl (C=O) groups is 1. The SMILES string of the molecule is CCC(CC)C(=O)N1C[C@@H](CF)[C@H](c2nc(C3CC3)n[nH]2)C1. The Labute approximate surface area is 130 Å². The van der Waals surface area contributed by atoms with Gasteiger partial charge in [0.1, 0.15) is 5.82 Å². The molecule has 1 saturated carbocycles. The third-order valence-electron chi connectivity index (χ3n) is 5.10. The maximum absolute atomic E-state index is 13.4. The third-order valence-corrected chi connectivity index (χ3v) is 5.10. The molecular formula is C16H25FN4O. The van der Waals surface area contributed by atoms with E-state index in [1.165, 1.54) is 0 Å². The maximum Gasteiger partial charge on any atom is 0.225 e. The number of amides is 1. The second kappa shape index (κ2) is 6.34. The average molecular weight is 308 g/mol. The van der Waals surface area contributed by atoms with E-state index in [9.17, 15) is 9.18 Å². The van der Waals surface area contributed by atoms with Crippen molar-refractivity contribution in [3.8, 4) is 0 Å². The summed E-state index contributed by atoms with van der Waals surface area (Å²) in [6.07, 6.45) is 3.97. The number of rotatable bonds is 6. The number of hydrogen-bond donors (Lipinski definition) is 1. The molecule has 2 heterocycles. The quantitative estimate of drug-likeness (QED) is 0.878. The van der Waals surface area contributed by atoms with Crippen LogP contribution in [-0.4, -0.2) is 45.8 Å². The molecule has 2 atom stereocenters. The Bertz CT molecular complexity index is 524. The number of nitrogens with one attached hydrogen (secondary N) is 1. The lowest BCUT2D eigenvalue weighted by Gasteiger charge is -2.21. The minimum atomic E-state index is -0.420. The molecule has 1 aliphatic heterocycles. The first-order chi connectivity index (χ1) is 10.7. The van der Waals surface area contributed by atoms with Crippen molar-refractivity contribution in [3.05, 3.63) is 11.6 Å². The van der Waals surface area contributed by atoms with Crippen LogP contribution in [0.5, 0.6) is 0 Å². The highest BCUT2D eigenvalue weighted by Gasteiger charge is 2.40. The zero-order chi connectivity index (χ0) is 15.7. The fourth-order valence-corrected chi connectivity index (χ4v) is 3.39. The molecule has 1 aliphatic carbocycles. The lowest BCUT2D eigenvalue weighted by atomic mass is 9.97. The summed E-state index contributed by atoms with van der Waals surface area (Å²) in [4.78, 5) is 18.9. The first-order valence-corrected chi connectivity index (χ1v) is 8.44. The second-order valence-corrected chi connectivity index (χ2v) is 6.63. The van der Waals surface area contributed by atoms with Gasteiger partial charge in [0.25, 0.3) is 0 Å². The number of halogens is 1. The van der Waals surface area contributed by atoms with Gasteiger partial charge in [-0.2, -0.15) is 5.10 Å². The molecule has 2 aliphatic rings. The Morgan fingerprint density at radius 2 is 2.09 bits per heavy atom. The molecule has 0 spiro atoms. The summed E-state index contributed by atoms with van der Waals surface area (Å²) in [7, 11) is 0. The number of carbonyl (C=O) groups excluding carboxylic acids is 1. The highest BCUT2D eigenvalue weighted by atomic mass is 19.1. The van der Waals surface area contributed by atoms with Gasteiger partial charge in [0.05, 0.1) is 6.67 Å². The number of hydrogen-bond acceptors (Lipinski definition) is 3. The predicted octanol–water partition coefficient (Wildman–Crippen LogP) is 2.63. The molecule has 1 N–H and O–H groups in total. The molecule has 122 valence electrons. The van der Waals surface area contributed by atoms with Gasteiger partial charge in [-0.25, -0.2) is 4.98 Å². The van der Waals surface area contributed by atoms with Crippen molar-refractivity contribution < 1.29 is 9.18 Å². The Morgan fingerprint density at radius 1 is 1.36 bits per heavy atom. The highest BCUT2D eigenvalue weighted by Crippen LogP contribution is 2.39. The first-order valence-electron chi connectivity index (χ1n) is 8.44. The minimum Gasteiger partial charge on any atom is -0.341 e. The van der Waals surface area contributed by atoms with E-state index in [1.807, 2.05) is 18.7 Å². The normalized spacial score (nSPS) is 25.2. The van der Waals surface area contributed by atoms with Gasteiger partial charge in [-0.3, -0.25) is 14.3 Å². The number of aromatic nitrogens is 3. The monoisotopic (exact) mass is 308 g/mol. The molecule has 6 heteroatoms. The van der Waals surface area contributed by atoms with Gasteiger partial charge < -0.3 is 4.90 Å². The standard InChI is InChI=1S/C16H25FN4O/c1-3-10(4-2)16(22)21-8-12(7-17)13(9-21)15-18-14(19-20-15)11-5-6-11/h10-13H,3-9H2,1-2H3,(H,18,19,20)/t12-,13-/m1/s1. The second-order valence-electron chi connectivity index (χ2n) is 6.63. The van der Waals surface area contributed by atoms with Gasteiger partial charge in [0.2, 0.25) is 5.91 Å². The van der Waals surface area contributed by atoms with Crippen LogP contribution in [0.25, 0.3) is 0 Å². The van der Waals surface area contributed by atoms with Gasteiger partial charge >= 0.3 is 0 Å². The third kappa shape index (κ3) is 2.88. The molecule has 5 nitrogen and oxygen atoms in total. The molecule has 0 bridgehead atoms. The Balaban J connectivity index is 1.72. The molecule has 1 amide bonds. The van der Waals surface area contributed by atoms with Crippen LogP contribution in [0.15, 0.2) is 0 Å². The van der Waals surface area contributed by atoms with E-state index in [1.54, 1.807) is 0 Å². The fraction of sp³-hybridized carbons (Fsp3) is 0.812. The maximum atomic E-state index is 13.4. The van der Waals surface area contributed by atoms with Crippen molar-refractivity contribution >= 4 is 5.91 Å². The summed E-state index contributed by atoms with van der Waals surface area (Å²) < 4.78 is 13.4. The lowest BCUT2D eigenvalue weighted by molar-refractivity contribution is -0.134. The van der Waals surface area contributed by atoms with Crippen LogP contribution < -0.4 is 0 Å². The summed E-state index contributed by atoms with van der Waals surface area (Å²) in [6.45, 7) is 4.70. The summed E-state index contributed by atoms with van der Waals surface area (Å²) in [5, 5.41) is 7.25. The summed E-state index contributed by atoms with van der Waals surface area (Å²) in [5.41, 5.74) is 0. The van der Waals surface area contributed by atoms with E-state index in [4.69, 9.17) is 0 Å². The molecular weight excluding hydrogens is 283 g/mol. The molecule has 22 heavy (non-hydrogen) atoms. The molecule has 0 unspecified atom stereocenters. The van der Waals surface area contributed by atoms with Gasteiger partial charge in [0, 0.05) is 36.8 Å². The van der Waals surface area contributed by atoms with Crippen molar-refractivity contribution in [2.24, 2.45) is 11.8 Å². The molecule has 1 saturated heterocycles. The molecule has 1 aromatic heterocycles. The van der Waals surface area contributed by atoms with Crippen molar-refractivity contribution in [1.82, 2.24) is 20.1 Å². The summed E-state index contributed by atoms with van der Waals surface area (Å²) in [6, 6.07) is 0. The Hall–Kier alpha value is -1.46. The van der Waals surface area contributed by atoms with Gasteiger partial charge in [-0.15, -0.1) is 0 Å². The fourth-order valence-electron chi connectivity index (χ4n) is 3.39. The van der Waals surface area contributed by atoms with Crippen LogP contribution in [0.4, 0.5) is 4.39 Å². The topological polar surface area (TPSA) is 61.9 Å². The molecule has 0 aromatic carbocycles. The zero-order valence-electron chi connectivity index (χ0n) is 13.4. The minimum absolute atomic E-state index is 0.0516. The van der Waals surface area contributed by atoms with E-state index >= 15 is 0 Å². The van der Waals surface area contributed by atoms with Crippen LogP contribution in [0.2, 0.25) is 0 Å². The number of aromatic amines is 1. The van der Waals surface area contributed by atoms with E-state index < -0.39 is 6.67 Å². The van der Waals surface area contributed by atoms with Crippen molar-refractivity contribution in [2.75, 3.05) is 19.8 Å². The summed E-state index contributed by atoms with van der Waals surface area (Å²) >= 11 is 0. The molecule has 0 radical (unpaired) electrons. The van der Waals surface area contributed by atoms with E-state index in [0.717, 1.165) is 37.3 Å². The Kier molecular flexibility index (Phi) is 4.45. The number of H-pyrrole nitrogens is 1. The van der Waals surface area contributed by atoms with Gasteiger partial charge in [-0.05, 0) is 25.7 Å². The first kappa shape index (κ1) is 15.4. The van der Waals surface area contributed by atoms with Crippen LogP contribution >= 0.6 is 0 Å². The smallest absolute Gasteiger partial charge is 0.225 e. The number of likely N-dealkylation sites (tertiary alicyclic amines) is 1. The van der Waals surface area contributed by atoms with Crippen LogP contribution in [-0.2, 0) is 4.79 Å². The van der Waals surface area contributed by atoms with Crippen LogP contribution in [0.3, 0.4) is 0 Å². The highest BCUT2D eigenvalue weighted by molar-refractivity contribution is 5.79. The number of nitrogens with zero attached hydrogens (tertiary/aromatic N) is 3. The van der Waals surface area contributed by atoms with Crippen LogP contribution in [0.1, 0.15) is 63.0 Å². The molecule has 3 rings (SSSR count). The van der Waals surface area contributed by atoms with Crippen molar-refractivity contribution in [1.29, 1.82) is 0 Å². The van der Waals surface area contributed by atoms with Crippen LogP contribution in [0, 0.1) is 11.8 Å². The number of alkyl halides is 1. The molecule has 2 fully saturated rings.